The number of aromatic nitrogens is 2. The Labute approximate surface area is 192 Å². The van der Waals surface area contributed by atoms with Crippen LogP contribution in [-0.4, -0.2) is 33.7 Å². The van der Waals surface area contributed by atoms with E-state index in [1.807, 2.05) is 60.7 Å². The molecule has 1 heterocycles. The van der Waals surface area contributed by atoms with Gasteiger partial charge in [0.15, 0.2) is 5.84 Å². The molecule has 3 aromatic carbocycles. The van der Waals surface area contributed by atoms with Crippen molar-refractivity contribution >= 4 is 22.8 Å². The molecule has 0 aliphatic heterocycles. The van der Waals surface area contributed by atoms with Crippen molar-refractivity contribution < 1.29 is 14.7 Å². The van der Waals surface area contributed by atoms with E-state index in [0.29, 0.717) is 17.7 Å². The number of carbonyl (C=O) groups excluding carboxylic acids is 1. The molecule has 0 fully saturated rings. The quantitative estimate of drug-likeness (QED) is 0.143. The highest BCUT2D eigenvalue weighted by Crippen LogP contribution is 2.26. The van der Waals surface area contributed by atoms with Gasteiger partial charge in [0.05, 0.1) is 23.7 Å². The molecule has 0 aliphatic rings. The summed E-state index contributed by atoms with van der Waals surface area (Å²) >= 11 is 0. The summed E-state index contributed by atoms with van der Waals surface area (Å²) < 4.78 is 7.11. The van der Waals surface area contributed by atoms with Crippen LogP contribution in [0, 0.1) is 0 Å². The lowest BCUT2D eigenvalue weighted by Gasteiger charge is -2.13. The summed E-state index contributed by atoms with van der Waals surface area (Å²) in [6.45, 7) is 2.68. The van der Waals surface area contributed by atoms with E-state index >= 15 is 0 Å². The normalized spacial score (nSPS) is 11.6. The fourth-order valence-electron chi connectivity index (χ4n) is 4.08. The van der Waals surface area contributed by atoms with Crippen LogP contribution in [0.15, 0.2) is 71.9 Å². The molecule has 0 atom stereocenters. The molecule has 1 aromatic heterocycles. The van der Waals surface area contributed by atoms with Crippen LogP contribution in [0.25, 0.3) is 22.2 Å². The zero-order chi connectivity index (χ0) is 23.4. The van der Waals surface area contributed by atoms with Crippen LogP contribution in [0.5, 0.6) is 0 Å². The number of para-hydroxylation sites is 1. The Kier molecular flexibility index (Phi) is 6.40. The smallest absolute Gasteiger partial charge is 0.340 e. The molecule has 0 saturated heterocycles. The summed E-state index contributed by atoms with van der Waals surface area (Å²) in [5.41, 5.74) is 11.5. The maximum Gasteiger partial charge on any atom is 0.340 e. The Morgan fingerprint density at radius 2 is 1.79 bits per heavy atom. The zero-order valence-electron chi connectivity index (χ0n) is 18.7. The highest BCUT2D eigenvalue weighted by atomic mass is 16.5. The molecule has 0 spiro atoms. The Bertz CT molecular complexity index is 1320. The number of nitrogens with zero attached hydrogens (tertiary/aromatic N) is 3. The molecule has 0 amide bonds. The second-order valence-corrected chi connectivity index (χ2v) is 7.76. The zero-order valence-corrected chi connectivity index (χ0v) is 18.7. The number of nitrogens with two attached hydrogens (primary N) is 1. The van der Waals surface area contributed by atoms with E-state index < -0.39 is 0 Å². The number of fused-ring (bicyclic) bond motifs is 1. The molecule has 0 radical (unpaired) electrons. The van der Waals surface area contributed by atoms with Crippen LogP contribution in [0.2, 0.25) is 0 Å². The van der Waals surface area contributed by atoms with Gasteiger partial charge in [-0.05, 0) is 35.2 Å². The van der Waals surface area contributed by atoms with Gasteiger partial charge >= 0.3 is 5.97 Å². The minimum Gasteiger partial charge on any atom is -0.465 e. The third kappa shape index (κ3) is 4.30. The van der Waals surface area contributed by atoms with Gasteiger partial charge in [0.2, 0.25) is 0 Å². The van der Waals surface area contributed by atoms with E-state index in [4.69, 9.17) is 20.7 Å². The van der Waals surface area contributed by atoms with E-state index in [0.717, 1.165) is 46.4 Å². The van der Waals surface area contributed by atoms with Crippen molar-refractivity contribution in [2.24, 2.45) is 10.9 Å². The summed E-state index contributed by atoms with van der Waals surface area (Å²) in [5.74, 6) is 0.629. The van der Waals surface area contributed by atoms with Gasteiger partial charge < -0.3 is 20.2 Å². The Morgan fingerprint density at radius 1 is 1.06 bits per heavy atom. The first-order valence-electron chi connectivity index (χ1n) is 10.8. The van der Waals surface area contributed by atoms with Gasteiger partial charge in [0.1, 0.15) is 5.82 Å². The molecular formula is C26H26N4O3. The lowest BCUT2D eigenvalue weighted by molar-refractivity contribution is 0.0602. The van der Waals surface area contributed by atoms with E-state index in [-0.39, 0.29) is 11.8 Å². The second kappa shape index (κ2) is 9.56. The molecule has 0 bridgehead atoms. The van der Waals surface area contributed by atoms with E-state index in [2.05, 4.69) is 16.6 Å². The van der Waals surface area contributed by atoms with Crippen LogP contribution >= 0.6 is 0 Å². The van der Waals surface area contributed by atoms with E-state index in [1.54, 1.807) is 6.07 Å². The van der Waals surface area contributed by atoms with Crippen molar-refractivity contribution in [2.45, 2.75) is 26.3 Å². The van der Waals surface area contributed by atoms with Crippen molar-refractivity contribution in [1.82, 2.24) is 9.55 Å². The van der Waals surface area contributed by atoms with Crippen LogP contribution in [0.4, 0.5) is 0 Å². The molecule has 7 heteroatoms. The van der Waals surface area contributed by atoms with Gasteiger partial charge in [-0.3, -0.25) is 0 Å². The number of amidine groups is 1. The summed E-state index contributed by atoms with van der Waals surface area (Å²) in [6.07, 6.45) is 1.75. The van der Waals surface area contributed by atoms with Gasteiger partial charge in [0.25, 0.3) is 0 Å². The molecule has 0 unspecified atom stereocenters. The van der Waals surface area contributed by atoms with Crippen LogP contribution in [0.1, 0.15) is 40.7 Å². The van der Waals surface area contributed by atoms with Gasteiger partial charge in [-0.15, -0.1) is 0 Å². The number of hydrogen-bond acceptors (Lipinski definition) is 5. The summed E-state index contributed by atoms with van der Waals surface area (Å²) in [7, 11) is 1.39. The number of rotatable bonds is 7. The molecule has 4 aromatic rings. The predicted molar refractivity (Wildman–Crippen MR) is 129 cm³/mol. The number of oxime groups is 1. The van der Waals surface area contributed by atoms with E-state index in [9.17, 15) is 4.79 Å². The number of benzene rings is 3. The Morgan fingerprint density at radius 3 is 2.48 bits per heavy atom. The largest absolute Gasteiger partial charge is 0.465 e. The average molecular weight is 443 g/mol. The van der Waals surface area contributed by atoms with Crippen molar-refractivity contribution in [3.05, 3.63) is 89.2 Å². The van der Waals surface area contributed by atoms with Gasteiger partial charge in [-0.25, -0.2) is 9.78 Å². The lowest BCUT2D eigenvalue weighted by atomic mass is 9.98. The number of imidazole rings is 1. The number of methoxy groups -OCH3 is 1. The molecular weight excluding hydrogens is 416 g/mol. The Balaban J connectivity index is 1.74. The maximum atomic E-state index is 12.4. The first-order valence-corrected chi connectivity index (χ1v) is 10.8. The third-order valence-corrected chi connectivity index (χ3v) is 5.64. The molecule has 7 nitrogen and oxygen atoms in total. The molecule has 33 heavy (non-hydrogen) atoms. The van der Waals surface area contributed by atoms with Crippen LogP contribution in [0.3, 0.4) is 0 Å². The number of esters is 1. The predicted octanol–water partition coefficient (Wildman–Crippen LogP) is 4.59. The standard InChI is InChI=1S/C26H26N4O3/c1-3-7-23-28-22-11-6-10-21(26(31)33-2)24(22)30(23)16-17-12-14-18(15-13-17)19-8-4-5-9-20(19)25(27)29-32/h4-6,8-15,32H,3,7,16H2,1-2H3,(H2,27,29). The van der Waals surface area contributed by atoms with Crippen molar-refractivity contribution in [3.8, 4) is 11.1 Å². The van der Waals surface area contributed by atoms with Crippen molar-refractivity contribution in [3.63, 3.8) is 0 Å². The van der Waals surface area contributed by atoms with E-state index in [1.165, 1.54) is 7.11 Å². The summed E-state index contributed by atoms with van der Waals surface area (Å²) in [6, 6.07) is 21.2. The molecule has 3 N–H and O–H groups in total. The summed E-state index contributed by atoms with van der Waals surface area (Å²) in [5, 5.41) is 12.2. The number of ether oxygens (including phenoxy) is 1. The Hall–Kier alpha value is -4.13. The maximum absolute atomic E-state index is 12.4. The number of hydrogen-bond donors (Lipinski definition) is 2. The van der Waals surface area contributed by atoms with Crippen molar-refractivity contribution in [1.29, 1.82) is 0 Å². The lowest BCUT2D eigenvalue weighted by Crippen LogP contribution is -2.14. The number of aryl methyl sites for hydroxylation is 1. The first-order chi connectivity index (χ1) is 16.1. The highest BCUT2D eigenvalue weighted by molar-refractivity contribution is 6.03. The fourth-order valence-corrected chi connectivity index (χ4v) is 4.08. The van der Waals surface area contributed by atoms with Gasteiger partial charge in [0, 0.05) is 18.5 Å². The second-order valence-electron chi connectivity index (χ2n) is 7.76. The van der Waals surface area contributed by atoms with Crippen LogP contribution < -0.4 is 5.73 Å². The SMILES string of the molecule is CCCc1nc2cccc(C(=O)OC)c2n1Cc1ccc(-c2ccccc2/C(N)=N/O)cc1. The summed E-state index contributed by atoms with van der Waals surface area (Å²) in [4.78, 5) is 17.2. The van der Waals surface area contributed by atoms with Gasteiger partial charge in [-0.2, -0.15) is 0 Å². The fraction of sp³-hybridized carbons (Fsp3) is 0.192. The molecule has 168 valence electrons. The highest BCUT2D eigenvalue weighted by Gasteiger charge is 2.18. The molecule has 0 aliphatic carbocycles. The minimum absolute atomic E-state index is 0.0686. The molecule has 4 rings (SSSR count). The van der Waals surface area contributed by atoms with Crippen molar-refractivity contribution in [2.75, 3.05) is 7.11 Å². The monoisotopic (exact) mass is 442 g/mol. The number of carbonyl (C=O) groups is 1. The van der Waals surface area contributed by atoms with Crippen LogP contribution in [-0.2, 0) is 17.7 Å². The van der Waals surface area contributed by atoms with Gasteiger partial charge in [-0.1, -0.05) is 66.7 Å². The minimum atomic E-state index is -0.375. The third-order valence-electron chi connectivity index (χ3n) is 5.64. The first kappa shape index (κ1) is 22.1. The molecule has 0 saturated carbocycles. The average Bonchev–Trinajstić information content (AvgIpc) is 3.20. The topological polar surface area (TPSA) is 103 Å².